The zero-order valence-corrected chi connectivity index (χ0v) is 16.1. The Morgan fingerprint density at radius 1 is 1.30 bits per heavy atom. The number of rotatable bonds is 5. The first-order valence-corrected chi connectivity index (χ1v) is 10.4. The van der Waals surface area contributed by atoms with E-state index < -0.39 is 15.4 Å². The highest BCUT2D eigenvalue weighted by atomic mass is 32.2. The second-order valence-electron chi connectivity index (χ2n) is 5.47. The van der Waals surface area contributed by atoms with Gasteiger partial charge in [0.05, 0.1) is 17.9 Å². The Morgan fingerprint density at radius 3 is 2.70 bits per heavy atom. The molecule has 0 saturated heterocycles. The van der Waals surface area contributed by atoms with Crippen molar-refractivity contribution in [3.63, 3.8) is 0 Å². The van der Waals surface area contributed by atoms with Crippen molar-refractivity contribution in [2.45, 2.75) is 18.2 Å². The molecule has 2 aromatic heterocycles. The van der Waals surface area contributed by atoms with Crippen LogP contribution in [-0.4, -0.2) is 41.2 Å². The molecule has 0 fully saturated rings. The van der Waals surface area contributed by atoms with E-state index in [1.807, 2.05) is 0 Å². The van der Waals surface area contributed by atoms with E-state index in [9.17, 15) is 18.0 Å². The van der Waals surface area contributed by atoms with Crippen molar-refractivity contribution in [3.05, 3.63) is 45.5 Å². The van der Waals surface area contributed by atoms with Crippen LogP contribution >= 0.6 is 11.3 Å². The monoisotopic (exact) mass is 408 g/mol. The van der Waals surface area contributed by atoms with Crippen molar-refractivity contribution in [2.75, 3.05) is 18.1 Å². The Morgan fingerprint density at radius 2 is 2.04 bits per heavy atom. The fraction of sp³-hybridized carbons (Fsp3) is 0.250. The summed E-state index contributed by atoms with van der Waals surface area (Å²) in [5, 5.41) is 3.99. The van der Waals surface area contributed by atoms with Gasteiger partial charge in [-0.25, -0.2) is 8.42 Å². The first-order valence-electron chi connectivity index (χ1n) is 7.97. The molecule has 0 bridgehead atoms. The third-order valence-corrected chi connectivity index (χ3v) is 6.79. The number of hydrogen-bond donors (Lipinski definition) is 1. The molecule has 1 aliphatic carbocycles. The van der Waals surface area contributed by atoms with Crippen LogP contribution in [0.5, 0.6) is 0 Å². The summed E-state index contributed by atoms with van der Waals surface area (Å²) < 4.78 is 30.3. The number of allylic oxidation sites excluding steroid dienone is 4. The molecule has 0 spiro atoms. The van der Waals surface area contributed by atoms with Crippen LogP contribution in [0, 0.1) is 0 Å². The van der Waals surface area contributed by atoms with Crippen LogP contribution in [0.3, 0.4) is 0 Å². The number of ketones is 1. The molecular formula is C16H16N4O5S2. The Balaban J connectivity index is 2.14. The largest absolute Gasteiger partial charge is 0.490 e. The van der Waals surface area contributed by atoms with Gasteiger partial charge in [0, 0.05) is 0 Å². The van der Waals surface area contributed by atoms with Crippen molar-refractivity contribution < 1.29 is 17.9 Å². The summed E-state index contributed by atoms with van der Waals surface area (Å²) in [6.45, 7) is 3.57. The second kappa shape index (κ2) is 7.08. The molecule has 1 aliphatic rings. The average molecular weight is 408 g/mol. The van der Waals surface area contributed by atoms with Crippen molar-refractivity contribution in [3.8, 4) is 0 Å². The van der Waals surface area contributed by atoms with E-state index in [1.165, 1.54) is 31.2 Å². The number of ether oxygens (including phenoxy) is 1. The number of nitrogens with zero attached hydrogens (tertiary/aromatic N) is 3. The normalized spacial score (nSPS) is 16.1. The van der Waals surface area contributed by atoms with E-state index in [4.69, 9.17) is 10.5 Å². The number of carbonyl (C=O) groups excluding carboxylic acids is 1. The Kier molecular flexibility index (Phi) is 4.98. The van der Waals surface area contributed by atoms with Crippen LogP contribution in [0.25, 0.3) is 11.0 Å². The minimum Gasteiger partial charge on any atom is -0.490 e. The van der Waals surface area contributed by atoms with E-state index in [1.54, 1.807) is 6.92 Å². The first-order chi connectivity index (χ1) is 12.8. The van der Waals surface area contributed by atoms with Gasteiger partial charge >= 0.3 is 0 Å². The molecule has 27 heavy (non-hydrogen) atoms. The van der Waals surface area contributed by atoms with Gasteiger partial charge in [-0.2, -0.15) is 9.50 Å². The van der Waals surface area contributed by atoms with Gasteiger partial charge in [0.15, 0.2) is 5.76 Å². The number of nitrogens with two attached hydrogens (primary N) is 1. The highest BCUT2D eigenvalue weighted by Crippen LogP contribution is 2.23. The number of fused-ring (bicyclic) bond motifs is 1. The summed E-state index contributed by atoms with van der Waals surface area (Å²) in [5.74, 6) is -0.286. The third kappa shape index (κ3) is 3.55. The lowest BCUT2D eigenvalue weighted by molar-refractivity contribution is -0.114. The molecule has 0 aliphatic heterocycles. The molecule has 142 valence electrons. The maximum absolute atomic E-state index is 12.4. The zero-order valence-electron chi connectivity index (χ0n) is 14.5. The van der Waals surface area contributed by atoms with Gasteiger partial charge in [0.1, 0.15) is 5.82 Å². The molecule has 0 radical (unpaired) electrons. The van der Waals surface area contributed by atoms with Gasteiger partial charge in [0.25, 0.3) is 5.56 Å². The topological polar surface area (TPSA) is 134 Å². The molecule has 0 aromatic carbocycles. The third-order valence-electron chi connectivity index (χ3n) is 3.70. The quantitative estimate of drug-likeness (QED) is 0.773. The predicted molar refractivity (Wildman–Crippen MR) is 101 cm³/mol. The van der Waals surface area contributed by atoms with Crippen molar-refractivity contribution >= 4 is 43.8 Å². The molecule has 2 aromatic rings. The molecule has 2 N–H and O–H groups in total. The molecule has 0 saturated carbocycles. The van der Waals surface area contributed by atoms with E-state index in [-0.39, 0.29) is 38.0 Å². The first kappa shape index (κ1) is 19.0. The average Bonchev–Trinajstić information content (AvgIpc) is 3.06. The van der Waals surface area contributed by atoms with Gasteiger partial charge in [-0.1, -0.05) is 24.3 Å². The molecule has 3 rings (SSSR count). The van der Waals surface area contributed by atoms with Gasteiger partial charge in [-0.15, -0.1) is 5.10 Å². The van der Waals surface area contributed by atoms with E-state index in [2.05, 4.69) is 10.1 Å². The standard InChI is InChI=1S/C16H16N4O5S2/c1-3-25-12-8-9(5-6-11(12)21)7-10-13(17)20-15(18-14(10)22)26-16(19-20)27(23,24)4-2/h5-8H,3-4,17H2,1-2H3/b9-7-. The minimum atomic E-state index is -3.55. The van der Waals surface area contributed by atoms with Gasteiger partial charge in [0.2, 0.25) is 24.9 Å². The summed E-state index contributed by atoms with van der Waals surface area (Å²) in [5.41, 5.74) is 5.97. The summed E-state index contributed by atoms with van der Waals surface area (Å²) in [6.07, 6.45) is 5.79. The van der Waals surface area contributed by atoms with Crippen LogP contribution in [0.15, 0.2) is 38.7 Å². The summed E-state index contributed by atoms with van der Waals surface area (Å²) in [4.78, 5) is 28.1. The maximum Gasteiger partial charge on any atom is 0.283 e. The summed E-state index contributed by atoms with van der Waals surface area (Å²) in [6, 6.07) is 0. The molecule has 11 heteroatoms. The van der Waals surface area contributed by atoms with Crippen molar-refractivity contribution in [1.82, 2.24) is 14.6 Å². The molecule has 0 atom stereocenters. The Bertz CT molecular complexity index is 1190. The summed E-state index contributed by atoms with van der Waals surface area (Å²) in [7, 11) is -3.55. The van der Waals surface area contributed by atoms with E-state index >= 15 is 0 Å². The number of anilines is 1. The van der Waals surface area contributed by atoms with Crippen LogP contribution < -0.4 is 11.3 Å². The number of aromatic nitrogens is 3. The number of nitrogen functional groups attached to an aromatic ring is 1. The molecule has 0 unspecified atom stereocenters. The van der Waals surface area contributed by atoms with Crippen LogP contribution in [0.1, 0.15) is 19.4 Å². The lowest BCUT2D eigenvalue weighted by Crippen LogP contribution is -2.17. The predicted octanol–water partition coefficient (Wildman–Crippen LogP) is 0.970. The van der Waals surface area contributed by atoms with Crippen LogP contribution in [0.4, 0.5) is 5.82 Å². The van der Waals surface area contributed by atoms with Crippen LogP contribution in [-0.2, 0) is 19.4 Å². The zero-order chi connectivity index (χ0) is 19.8. The highest BCUT2D eigenvalue weighted by Gasteiger charge is 2.21. The Labute approximate surface area is 158 Å². The van der Waals surface area contributed by atoms with Gasteiger partial charge in [-0.05, 0) is 30.7 Å². The highest BCUT2D eigenvalue weighted by molar-refractivity contribution is 7.93. The molecule has 9 nitrogen and oxygen atoms in total. The summed E-state index contributed by atoms with van der Waals surface area (Å²) >= 11 is 0.781. The molecular weight excluding hydrogens is 392 g/mol. The lowest BCUT2D eigenvalue weighted by atomic mass is 10.0. The smallest absolute Gasteiger partial charge is 0.283 e. The van der Waals surface area contributed by atoms with Crippen molar-refractivity contribution in [1.29, 1.82) is 0 Å². The SMILES string of the molecule is CCOC1=C/C(=C\c2c(N)n3nc(S(=O)(=O)CC)sc3nc2=O)C=CC1=O. The molecule has 0 amide bonds. The van der Waals surface area contributed by atoms with Gasteiger partial charge in [-0.3, -0.25) is 9.59 Å². The van der Waals surface area contributed by atoms with Crippen LogP contribution in [0.2, 0.25) is 0 Å². The van der Waals surface area contributed by atoms with Gasteiger partial charge < -0.3 is 10.5 Å². The van der Waals surface area contributed by atoms with Crippen molar-refractivity contribution in [2.24, 2.45) is 0 Å². The number of hydrogen-bond acceptors (Lipinski definition) is 9. The fourth-order valence-corrected chi connectivity index (χ4v) is 4.47. The maximum atomic E-state index is 12.4. The van der Waals surface area contributed by atoms with E-state index in [0.29, 0.717) is 12.2 Å². The second-order valence-corrected chi connectivity index (χ2v) is 8.87. The number of carbonyl (C=O) groups is 1. The van der Waals surface area contributed by atoms with E-state index in [0.717, 1.165) is 15.9 Å². The fourth-order valence-electron chi connectivity index (χ4n) is 2.30. The molecule has 2 heterocycles. The minimum absolute atomic E-state index is 0.0389. The Hall–Kier alpha value is -2.79. The number of sulfone groups is 1. The lowest BCUT2D eigenvalue weighted by Gasteiger charge is -2.10.